The molecule has 1 aliphatic heterocycles. The Morgan fingerprint density at radius 2 is 2.21 bits per heavy atom. The quantitative estimate of drug-likeness (QED) is 0.689. The van der Waals surface area contributed by atoms with Gasteiger partial charge < -0.3 is 19.9 Å². The molecule has 8 heteroatoms. The molecule has 2 N–H and O–H groups in total. The van der Waals surface area contributed by atoms with Gasteiger partial charge in [0.2, 0.25) is 0 Å². The lowest BCUT2D eigenvalue weighted by Crippen LogP contribution is -2.54. The number of carbonyl (C=O) groups excluding carboxylic acids is 1. The van der Waals surface area contributed by atoms with Gasteiger partial charge in [-0.3, -0.25) is 4.79 Å². The number of aliphatic carboxylic acids is 1. The third kappa shape index (κ3) is 4.46. The van der Waals surface area contributed by atoms with Gasteiger partial charge in [-0.2, -0.15) is 11.8 Å². The summed E-state index contributed by atoms with van der Waals surface area (Å²) in [5.41, 5.74) is -0.811. The normalized spacial score (nSPS) is 20.1. The van der Waals surface area contributed by atoms with Crippen LogP contribution in [0, 0.1) is 5.82 Å². The lowest BCUT2D eigenvalue weighted by molar-refractivity contribution is -0.143. The summed E-state index contributed by atoms with van der Waals surface area (Å²) in [6.45, 7) is 0.711. The summed E-state index contributed by atoms with van der Waals surface area (Å²) in [4.78, 5) is 23.9. The number of thioether (sulfide) groups is 1. The molecule has 6 nitrogen and oxygen atoms in total. The molecule has 1 amide bonds. The predicted octanol–water partition coefficient (Wildman–Crippen LogP) is 1.68. The molecule has 1 saturated heterocycles. The maximum Gasteiger partial charge on any atom is 0.330 e. The van der Waals surface area contributed by atoms with E-state index < -0.39 is 23.2 Å². The van der Waals surface area contributed by atoms with Crippen molar-refractivity contribution in [3.8, 4) is 0 Å². The van der Waals surface area contributed by atoms with E-state index in [0.29, 0.717) is 31.1 Å². The van der Waals surface area contributed by atoms with Gasteiger partial charge in [0.05, 0.1) is 19.8 Å². The summed E-state index contributed by atoms with van der Waals surface area (Å²) in [6.07, 6.45) is 0.368. The van der Waals surface area contributed by atoms with Crippen molar-refractivity contribution >= 4 is 23.6 Å². The zero-order chi connectivity index (χ0) is 17.6. The highest BCUT2D eigenvalue weighted by Gasteiger charge is 2.43. The van der Waals surface area contributed by atoms with Crippen molar-refractivity contribution in [1.82, 2.24) is 5.32 Å². The highest BCUT2D eigenvalue weighted by Crippen LogP contribution is 2.28. The molecule has 1 atom stereocenters. The third-order valence-electron chi connectivity index (χ3n) is 3.78. The van der Waals surface area contributed by atoms with Gasteiger partial charge in [0, 0.05) is 24.0 Å². The molecular formula is C16H20FNO5S. The average molecular weight is 357 g/mol. The van der Waals surface area contributed by atoms with Crippen LogP contribution in [0.3, 0.4) is 0 Å². The number of amides is 1. The zero-order valence-electron chi connectivity index (χ0n) is 13.3. The number of carboxylic acids is 1. The summed E-state index contributed by atoms with van der Waals surface area (Å²) in [5.74, 6) is -1.06. The smallest absolute Gasteiger partial charge is 0.330 e. The second-order valence-corrected chi connectivity index (χ2v) is 6.60. The first-order valence-electron chi connectivity index (χ1n) is 7.47. The molecule has 1 aliphatic rings. The molecule has 0 aromatic heterocycles. The largest absolute Gasteiger partial charge is 0.479 e. The fourth-order valence-electron chi connectivity index (χ4n) is 2.33. The van der Waals surface area contributed by atoms with Gasteiger partial charge in [0.15, 0.2) is 0 Å². The average Bonchev–Trinajstić information content (AvgIpc) is 3.03. The standard InChI is InChI=1S/C16H20FNO5S/c1-22-5-6-23-9-12-8-11(2-3-13(12)17)14(19)18-16(15(20)21)4-7-24-10-16/h2-3,8H,4-7,9-10H2,1H3,(H,18,19)(H,20,21). The minimum atomic E-state index is -1.26. The Bertz CT molecular complexity index is 604. The zero-order valence-corrected chi connectivity index (χ0v) is 14.2. The van der Waals surface area contributed by atoms with Crippen LogP contribution in [-0.4, -0.2) is 54.4 Å². The van der Waals surface area contributed by atoms with Crippen LogP contribution >= 0.6 is 11.8 Å². The van der Waals surface area contributed by atoms with Crippen molar-refractivity contribution in [2.24, 2.45) is 0 Å². The van der Waals surface area contributed by atoms with Crippen LogP contribution in [-0.2, 0) is 20.9 Å². The molecule has 2 rings (SSSR count). The Kier molecular flexibility index (Phi) is 6.59. The first-order chi connectivity index (χ1) is 11.5. The van der Waals surface area contributed by atoms with Crippen LogP contribution in [0.1, 0.15) is 22.3 Å². The van der Waals surface area contributed by atoms with Gasteiger partial charge in [-0.15, -0.1) is 0 Å². The number of hydrogen-bond donors (Lipinski definition) is 2. The van der Waals surface area contributed by atoms with E-state index in [4.69, 9.17) is 9.47 Å². The summed E-state index contributed by atoms with van der Waals surface area (Å²) in [6, 6.07) is 3.90. The van der Waals surface area contributed by atoms with E-state index in [9.17, 15) is 19.1 Å². The number of halogens is 1. The minimum absolute atomic E-state index is 0.0102. The molecule has 24 heavy (non-hydrogen) atoms. The Morgan fingerprint density at radius 3 is 2.83 bits per heavy atom. The molecule has 0 spiro atoms. The molecular weight excluding hydrogens is 337 g/mol. The molecule has 132 valence electrons. The molecule has 1 fully saturated rings. The van der Waals surface area contributed by atoms with E-state index in [1.165, 1.54) is 37.1 Å². The Labute approximate surface area is 143 Å². The van der Waals surface area contributed by atoms with Crippen molar-refractivity contribution in [3.63, 3.8) is 0 Å². The Morgan fingerprint density at radius 1 is 1.42 bits per heavy atom. The second kappa shape index (κ2) is 8.46. The monoisotopic (exact) mass is 357 g/mol. The fraction of sp³-hybridized carbons (Fsp3) is 0.500. The first kappa shape index (κ1) is 18.7. The topological polar surface area (TPSA) is 84.9 Å². The number of methoxy groups -OCH3 is 1. The van der Waals surface area contributed by atoms with Crippen molar-refractivity contribution in [2.45, 2.75) is 18.6 Å². The maximum atomic E-state index is 13.8. The highest BCUT2D eigenvalue weighted by molar-refractivity contribution is 7.99. The number of nitrogens with one attached hydrogen (secondary N) is 1. The van der Waals surface area contributed by atoms with E-state index in [2.05, 4.69) is 5.32 Å². The highest BCUT2D eigenvalue weighted by atomic mass is 32.2. The Balaban J connectivity index is 2.07. The number of benzene rings is 1. The van der Waals surface area contributed by atoms with E-state index in [1.54, 1.807) is 0 Å². The molecule has 1 heterocycles. The van der Waals surface area contributed by atoms with Crippen molar-refractivity contribution in [2.75, 3.05) is 31.8 Å². The van der Waals surface area contributed by atoms with Crippen molar-refractivity contribution in [3.05, 3.63) is 35.1 Å². The summed E-state index contributed by atoms with van der Waals surface area (Å²) >= 11 is 1.48. The van der Waals surface area contributed by atoms with Gasteiger partial charge in [0.1, 0.15) is 11.4 Å². The van der Waals surface area contributed by atoms with Crippen molar-refractivity contribution < 1.29 is 28.6 Å². The van der Waals surface area contributed by atoms with Crippen LogP contribution in [0.5, 0.6) is 0 Å². The summed E-state index contributed by atoms with van der Waals surface area (Å²) in [7, 11) is 1.54. The van der Waals surface area contributed by atoms with Crippen LogP contribution in [0.2, 0.25) is 0 Å². The van der Waals surface area contributed by atoms with Crippen LogP contribution in [0.25, 0.3) is 0 Å². The lowest BCUT2D eigenvalue weighted by Gasteiger charge is -2.24. The van der Waals surface area contributed by atoms with Crippen LogP contribution in [0.4, 0.5) is 4.39 Å². The molecule has 1 unspecified atom stereocenters. The van der Waals surface area contributed by atoms with Crippen LogP contribution in [0.15, 0.2) is 18.2 Å². The van der Waals surface area contributed by atoms with E-state index >= 15 is 0 Å². The maximum absolute atomic E-state index is 13.8. The van der Waals surface area contributed by atoms with Crippen LogP contribution < -0.4 is 5.32 Å². The Hall–Kier alpha value is -1.64. The van der Waals surface area contributed by atoms with Gasteiger partial charge in [-0.25, -0.2) is 9.18 Å². The predicted molar refractivity (Wildman–Crippen MR) is 87.7 cm³/mol. The number of carbonyl (C=O) groups is 2. The first-order valence-corrected chi connectivity index (χ1v) is 8.63. The summed E-state index contributed by atoms with van der Waals surface area (Å²) < 4.78 is 23.9. The summed E-state index contributed by atoms with van der Waals surface area (Å²) in [5, 5.41) is 12.0. The third-order valence-corrected chi connectivity index (χ3v) is 4.97. The molecule has 0 saturated carbocycles. The molecule has 1 aromatic rings. The van der Waals surface area contributed by atoms with E-state index in [0.717, 1.165) is 0 Å². The molecule has 0 bridgehead atoms. The number of rotatable bonds is 8. The van der Waals surface area contributed by atoms with Gasteiger partial charge in [-0.05, 0) is 30.4 Å². The second-order valence-electron chi connectivity index (χ2n) is 5.50. The number of carboxylic acid groups (broad SMARTS) is 1. The van der Waals surface area contributed by atoms with Gasteiger partial charge in [-0.1, -0.05) is 0 Å². The van der Waals surface area contributed by atoms with Crippen molar-refractivity contribution in [1.29, 1.82) is 0 Å². The van der Waals surface area contributed by atoms with Gasteiger partial charge >= 0.3 is 5.97 Å². The molecule has 0 aliphatic carbocycles. The number of hydrogen-bond acceptors (Lipinski definition) is 5. The van der Waals surface area contributed by atoms with E-state index in [1.807, 2.05) is 0 Å². The van der Waals surface area contributed by atoms with Gasteiger partial charge in [0.25, 0.3) is 5.91 Å². The number of ether oxygens (including phenoxy) is 2. The lowest BCUT2D eigenvalue weighted by atomic mass is 9.98. The SMILES string of the molecule is COCCOCc1cc(C(=O)NC2(C(=O)O)CCSC2)ccc1F. The minimum Gasteiger partial charge on any atom is -0.479 e. The molecule has 1 aromatic carbocycles. The fourth-order valence-corrected chi connectivity index (χ4v) is 3.65. The molecule has 0 radical (unpaired) electrons. The van der Waals surface area contributed by atoms with E-state index in [-0.39, 0.29) is 17.7 Å².